The first kappa shape index (κ1) is 19.3. The first-order chi connectivity index (χ1) is 11.2. The molecule has 6 heteroatoms. The van der Waals surface area contributed by atoms with Crippen molar-refractivity contribution in [3.8, 4) is 11.5 Å². The van der Waals surface area contributed by atoms with Gasteiger partial charge in [-0.3, -0.25) is 0 Å². The van der Waals surface area contributed by atoms with Crippen LogP contribution in [0.25, 0.3) is 0 Å². The van der Waals surface area contributed by atoms with Crippen molar-refractivity contribution in [1.82, 2.24) is 4.90 Å². The molecule has 136 valence electrons. The first-order valence-corrected chi connectivity index (χ1v) is 8.57. The van der Waals surface area contributed by atoms with Gasteiger partial charge in [0.15, 0.2) is 11.5 Å². The summed E-state index contributed by atoms with van der Waals surface area (Å²) in [6.45, 7) is 1.78. The van der Waals surface area contributed by atoms with Gasteiger partial charge < -0.3 is 24.2 Å². The zero-order valence-corrected chi connectivity index (χ0v) is 15.1. The molecule has 0 spiro atoms. The van der Waals surface area contributed by atoms with E-state index in [1.165, 1.54) is 32.1 Å². The third kappa shape index (κ3) is 5.24. The third-order valence-electron chi connectivity index (χ3n) is 4.71. The number of benzene rings is 1. The Labute approximate surface area is 150 Å². The van der Waals surface area contributed by atoms with E-state index in [2.05, 4.69) is 11.9 Å². The fourth-order valence-corrected chi connectivity index (χ4v) is 3.40. The number of nitrogens with zero attached hydrogens (tertiary/aromatic N) is 1. The van der Waals surface area contributed by atoms with Crippen molar-refractivity contribution in [3.63, 3.8) is 0 Å². The molecule has 1 saturated carbocycles. The van der Waals surface area contributed by atoms with Crippen LogP contribution in [-0.4, -0.2) is 49.1 Å². The third-order valence-corrected chi connectivity index (χ3v) is 4.71. The Morgan fingerprint density at radius 3 is 2.75 bits per heavy atom. The van der Waals surface area contributed by atoms with Crippen LogP contribution in [0.1, 0.15) is 37.7 Å². The van der Waals surface area contributed by atoms with Crippen molar-refractivity contribution in [1.29, 1.82) is 0 Å². The summed E-state index contributed by atoms with van der Waals surface area (Å²) in [5.41, 5.74) is 1.03. The van der Waals surface area contributed by atoms with Crippen molar-refractivity contribution in [2.75, 3.05) is 27.0 Å². The number of ether oxygens (including phenoxy) is 3. The van der Waals surface area contributed by atoms with Gasteiger partial charge in [0, 0.05) is 12.6 Å². The van der Waals surface area contributed by atoms with Gasteiger partial charge in [-0.2, -0.15) is 0 Å². The van der Waals surface area contributed by atoms with Gasteiger partial charge >= 0.3 is 0 Å². The number of likely N-dealkylation sites (N-methyl/N-ethyl adjacent to an activating group) is 1. The highest BCUT2D eigenvalue weighted by molar-refractivity contribution is 5.85. The van der Waals surface area contributed by atoms with Crippen LogP contribution in [0.3, 0.4) is 0 Å². The SMILES string of the molecule is CN(CC(O)COCc1ccc2c(c1)OCO2)C1CCCCC1.Cl. The molecule has 0 saturated heterocycles. The van der Waals surface area contributed by atoms with E-state index >= 15 is 0 Å². The number of aliphatic hydroxyl groups excluding tert-OH is 1. The minimum absolute atomic E-state index is 0. The van der Waals surface area contributed by atoms with Crippen LogP contribution in [0.15, 0.2) is 18.2 Å². The number of rotatable bonds is 7. The number of fused-ring (bicyclic) bond motifs is 1. The molecular weight excluding hydrogens is 330 g/mol. The first-order valence-electron chi connectivity index (χ1n) is 8.57. The highest BCUT2D eigenvalue weighted by Crippen LogP contribution is 2.32. The van der Waals surface area contributed by atoms with Crippen molar-refractivity contribution >= 4 is 12.4 Å². The lowest BCUT2D eigenvalue weighted by molar-refractivity contribution is 0.00486. The number of halogens is 1. The summed E-state index contributed by atoms with van der Waals surface area (Å²) in [7, 11) is 2.11. The van der Waals surface area contributed by atoms with Crippen LogP contribution in [-0.2, 0) is 11.3 Å². The molecule has 1 fully saturated rings. The number of aliphatic hydroxyl groups is 1. The standard InChI is InChI=1S/C18H27NO4.ClH/c1-19(15-5-3-2-4-6-15)10-16(20)12-21-11-14-7-8-17-18(9-14)23-13-22-17;/h7-9,15-16,20H,2-6,10-13H2,1H3;1H. The second-order valence-corrected chi connectivity index (χ2v) is 6.59. The lowest BCUT2D eigenvalue weighted by atomic mass is 9.94. The highest BCUT2D eigenvalue weighted by atomic mass is 35.5. The van der Waals surface area contributed by atoms with Crippen LogP contribution in [0, 0.1) is 0 Å². The zero-order chi connectivity index (χ0) is 16.1. The van der Waals surface area contributed by atoms with Gasteiger partial charge in [0.2, 0.25) is 6.79 Å². The maximum Gasteiger partial charge on any atom is 0.231 e. The van der Waals surface area contributed by atoms with Gasteiger partial charge in [-0.15, -0.1) is 12.4 Å². The summed E-state index contributed by atoms with van der Waals surface area (Å²) in [6.07, 6.45) is 6.03. The quantitative estimate of drug-likeness (QED) is 0.813. The smallest absolute Gasteiger partial charge is 0.231 e. The Morgan fingerprint density at radius 2 is 1.96 bits per heavy atom. The molecule has 1 aromatic carbocycles. The van der Waals surface area contributed by atoms with Crippen LogP contribution in [0.4, 0.5) is 0 Å². The maximum atomic E-state index is 10.2. The van der Waals surface area contributed by atoms with E-state index in [0.29, 0.717) is 25.8 Å². The van der Waals surface area contributed by atoms with E-state index < -0.39 is 6.10 Å². The molecule has 2 aliphatic rings. The largest absolute Gasteiger partial charge is 0.454 e. The van der Waals surface area contributed by atoms with Crippen molar-refractivity contribution in [3.05, 3.63) is 23.8 Å². The Balaban J connectivity index is 0.00000208. The molecule has 1 heterocycles. The topological polar surface area (TPSA) is 51.2 Å². The molecule has 3 rings (SSSR count). The average molecular weight is 358 g/mol. The Kier molecular flexibility index (Phi) is 7.62. The van der Waals surface area contributed by atoms with Crippen molar-refractivity contribution in [2.24, 2.45) is 0 Å². The summed E-state index contributed by atoms with van der Waals surface area (Å²) in [6, 6.07) is 6.41. The molecule has 0 aromatic heterocycles. The maximum absolute atomic E-state index is 10.2. The van der Waals surface area contributed by atoms with Crippen LogP contribution in [0.2, 0.25) is 0 Å². The molecule has 1 unspecified atom stereocenters. The summed E-state index contributed by atoms with van der Waals surface area (Å²) in [5.74, 6) is 1.55. The number of hydrogen-bond donors (Lipinski definition) is 1. The van der Waals surface area contributed by atoms with Gasteiger partial charge in [0.25, 0.3) is 0 Å². The lowest BCUT2D eigenvalue weighted by Crippen LogP contribution is -2.40. The minimum atomic E-state index is -0.448. The molecule has 1 aliphatic heterocycles. The van der Waals surface area contributed by atoms with E-state index in [1.807, 2.05) is 18.2 Å². The van der Waals surface area contributed by atoms with Gasteiger partial charge in [-0.1, -0.05) is 25.3 Å². The minimum Gasteiger partial charge on any atom is -0.454 e. The molecule has 0 radical (unpaired) electrons. The van der Waals surface area contributed by atoms with E-state index in [-0.39, 0.29) is 19.2 Å². The van der Waals surface area contributed by atoms with Gasteiger partial charge in [-0.05, 0) is 37.6 Å². The van der Waals surface area contributed by atoms with Crippen LogP contribution in [0.5, 0.6) is 11.5 Å². The lowest BCUT2D eigenvalue weighted by Gasteiger charge is -2.32. The molecule has 0 bridgehead atoms. The van der Waals surface area contributed by atoms with E-state index in [9.17, 15) is 5.11 Å². The molecule has 24 heavy (non-hydrogen) atoms. The summed E-state index contributed by atoms with van der Waals surface area (Å²) < 4.78 is 16.3. The highest BCUT2D eigenvalue weighted by Gasteiger charge is 2.20. The normalized spacial score (nSPS) is 18.5. The van der Waals surface area contributed by atoms with Gasteiger partial charge in [-0.25, -0.2) is 0 Å². The summed E-state index contributed by atoms with van der Waals surface area (Å²) in [4.78, 5) is 2.29. The fraction of sp³-hybridized carbons (Fsp3) is 0.667. The molecular formula is C18H28ClNO4. The monoisotopic (exact) mass is 357 g/mol. The Morgan fingerprint density at radius 1 is 1.21 bits per heavy atom. The average Bonchev–Trinajstić information content (AvgIpc) is 3.03. The number of hydrogen-bond acceptors (Lipinski definition) is 5. The molecule has 1 atom stereocenters. The van der Waals surface area contributed by atoms with E-state index in [4.69, 9.17) is 14.2 Å². The fourth-order valence-electron chi connectivity index (χ4n) is 3.40. The zero-order valence-electron chi connectivity index (χ0n) is 14.3. The van der Waals surface area contributed by atoms with Crippen LogP contribution >= 0.6 is 12.4 Å². The van der Waals surface area contributed by atoms with Crippen LogP contribution < -0.4 is 9.47 Å². The summed E-state index contributed by atoms with van der Waals surface area (Å²) in [5, 5.41) is 10.2. The van der Waals surface area contributed by atoms with Crippen molar-refractivity contribution in [2.45, 2.75) is 50.9 Å². The predicted octanol–water partition coefficient (Wildman–Crippen LogP) is 2.98. The Hall–Kier alpha value is -1.01. The van der Waals surface area contributed by atoms with E-state index in [0.717, 1.165) is 17.1 Å². The molecule has 5 nitrogen and oxygen atoms in total. The Bertz CT molecular complexity index is 508. The second kappa shape index (κ2) is 9.47. The van der Waals surface area contributed by atoms with Gasteiger partial charge in [0.05, 0.1) is 19.3 Å². The molecule has 1 aliphatic carbocycles. The molecule has 1 aromatic rings. The van der Waals surface area contributed by atoms with Gasteiger partial charge in [0.1, 0.15) is 0 Å². The molecule has 0 amide bonds. The van der Waals surface area contributed by atoms with E-state index in [1.54, 1.807) is 0 Å². The molecule has 1 N–H and O–H groups in total. The summed E-state index contributed by atoms with van der Waals surface area (Å²) >= 11 is 0. The second-order valence-electron chi connectivity index (χ2n) is 6.59. The van der Waals surface area contributed by atoms with Crippen molar-refractivity contribution < 1.29 is 19.3 Å². The predicted molar refractivity (Wildman–Crippen MR) is 95.0 cm³/mol.